The Kier molecular flexibility index (Phi) is 7.20. The molecule has 4 heteroatoms. The molecule has 0 heterocycles. The van der Waals surface area contributed by atoms with Crippen LogP contribution in [0.15, 0.2) is 133 Å². The van der Waals surface area contributed by atoms with E-state index in [0.717, 1.165) is 6.42 Å². The third kappa shape index (κ3) is 3.61. The summed E-state index contributed by atoms with van der Waals surface area (Å²) in [7, 11) is 2.37. The summed E-state index contributed by atoms with van der Waals surface area (Å²) in [5, 5.41) is 0. The number of allylic oxidation sites excluding steroid dienone is 1. The van der Waals surface area contributed by atoms with Crippen molar-refractivity contribution in [3.63, 3.8) is 0 Å². The average molecular weight is 585 g/mol. The van der Waals surface area contributed by atoms with E-state index in [-0.39, 0.29) is 24.8 Å². The Morgan fingerprint density at radius 3 is 1.87 bits per heavy atom. The predicted molar refractivity (Wildman–Crippen MR) is 168 cm³/mol. The molecule has 0 saturated heterocycles. The minimum absolute atomic E-state index is 0. The van der Waals surface area contributed by atoms with Gasteiger partial charge < -0.3 is 0 Å². The van der Waals surface area contributed by atoms with Gasteiger partial charge >= 0.3 is 217 Å². The van der Waals surface area contributed by atoms with Crippen molar-refractivity contribution in [1.82, 2.24) is 0 Å². The first kappa shape index (κ1) is 26.9. The van der Waals surface area contributed by atoms with Crippen molar-refractivity contribution in [2.24, 2.45) is 0 Å². The molecule has 0 aliphatic heterocycles. The van der Waals surface area contributed by atoms with Gasteiger partial charge in [-0.15, -0.1) is 24.8 Å². The second-order valence-electron chi connectivity index (χ2n) is 10.4. The molecule has 7 rings (SSSR count). The Morgan fingerprint density at radius 2 is 1.16 bits per heavy atom. The van der Waals surface area contributed by atoms with Gasteiger partial charge in [0, 0.05) is 0 Å². The topological polar surface area (TPSA) is 0 Å². The molecule has 0 aromatic heterocycles. The minimum atomic E-state index is -4.05. The molecule has 2 aliphatic carbocycles. The van der Waals surface area contributed by atoms with E-state index in [2.05, 4.69) is 147 Å². The summed E-state index contributed by atoms with van der Waals surface area (Å²) in [6, 6.07) is 48.2. The number of benzene rings is 5. The zero-order valence-electron chi connectivity index (χ0n) is 21.1. The zero-order chi connectivity index (χ0) is 24.2. The molecule has 38 heavy (non-hydrogen) atoms. The van der Waals surface area contributed by atoms with Crippen LogP contribution in [-0.4, -0.2) is 7.63 Å². The SMILES string of the molecule is Cl.Cl.[SiH2]=[Ti]([c]1ccccc1)([c]1ccccc1)([c]1cccc2c1Cc1ccccc1-2)[CH]1C=Cc2ccccc21. The first-order chi connectivity index (χ1) is 17.7. The monoisotopic (exact) mass is 584 g/mol. The average Bonchev–Trinajstić information content (AvgIpc) is 3.56. The van der Waals surface area contributed by atoms with Crippen molar-refractivity contribution < 1.29 is 14.0 Å². The van der Waals surface area contributed by atoms with Crippen molar-refractivity contribution in [2.45, 2.75) is 10.6 Å². The van der Waals surface area contributed by atoms with Gasteiger partial charge in [-0.25, -0.2) is 0 Å². The molecule has 1 unspecified atom stereocenters. The van der Waals surface area contributed by atoms with Gasteiger partial charge in [-0.3, -0.25) is 0 Å². The number of halogens is 2. The second-order valence-corrected chi connectivity index (χ2v) is 24.9. The van der Waals surface area contributed by atoms with Crippen molar-refractivity contribution in [3.05, 3.63) is 156 Å². The number of hydrogen-bond acceptors (Lipinski definition) is 0. The molecule has 0 radical (unpaired) electrons. The van der Waals surface area contributed by atoms with Crippen molar-refractivity contribution in [2.75, 3.05) is 0 Å². The van der Waals surface area contributed by atoms with E-state index in [0.29, 0.717) is 4.22 Å². The van der Waals surface area contributed by atoms with E-state index < -0.39 is 14.0 Å². The van der Waals surface area contributed by atoms with Gasteiger partial charge in [0.15, 0.2) is 0 Å². The molecule has 1 atom stereocenters. The van der Waals surface area contributed by atoms with Gasteiger partial charge in [-0.2, -0.15) is 0 Å². The van der Waals surface area contributed by atoms with Gasteiger partial charge in [0.05, 0.1) is 0 Å². The number of hydrogen-bond donors (Lipinski definition) is 0. The third-order valence-electron chi connectivity index (χ3n) is 8.82. The van der Waals surface area contributed by atoms with E-state index in [9.17, 15) is 0 Å². The van der Waals surface area contributed by atoms with Crippen molar-refractivity contribution in [1.29, 1.82) is 0 Å². The van der Waals surface area contributed by atoms with Crippen molar-refractivity contribution >= 4 is 50.1 Å². The fourth-order valence-electron chi connectivity index (χ4n) is 7.14. The van der Waals surface area contributed by atoms with Crippen LogP contribution in [0.25, 0.3) is 17.2 Å². The molecule has 2 aliphatic rings. The number of fused-ring (bicyclic) bond motifs is 4. The molecule has 5 aromatic carbocycles. The van der Waals surface area contributed by atoms with Crippen LogP contribution in [0.4, 0.5) is 0 Å². The van der Waals surface area contributed by atoms with Crippen LogP contribution in [0.5, 0.6) is 0 Å². The Morgan fingerprint density at radius 1 is 0.579 bits per heavy atom. The summed E-state index contributed by atoms with van der Waals surface area (Å²) in [5.41, 5.74) is 8.66. The zero-order valence-corrected chi connectivity index (χ0v) is 25.7. The molecule has 0 fully saturated rings. The molecular weight excluding hydrogens is 555 g/mol. The molecule has 0 nitrogen and oxygen atoms in total. The quantitative estimate of drug-likeness (QED) is 0.211. The van der Waals surface area contributed by atoms with Gasteiger partial charge in [-0.1, -0.05) is 0 Å². The standard InChI is InChI=1S/C13H9.C9H7.2C6H5.2ClH.H2Si.Ti/c1-3-7-12-10(5-1)9-11-6-2-4-8-13(11)12;1-2-5-9-7-3-6-8(9)4-1;2*1-2-4-6-5-3-1;;;;/h1-5,7-8H,9H2;1-7H;2*1-5H;2*1H;1H2;. The molecule has 5 aromatic rings. The normalized spacial score (nSPS) is 15.0. The van der Waals surface area contributed by atoms with Crippen LogP contribution in [0.2, 0.25) is 0 Å². The summed E-state index contributed by atoms with van der Waals surface area (Å²) in [6.45, 7) is 0. The predicted octanol–water partition coefficient (Wildman–Crippen LogP) is 6.38. The van der Waals surface area contributed by atoms with E-state index in [1.54, 1.807) is 3.87 Å². The van der Waals surface area contributed by atoms with Crippen LogP contribution in [-0.2, 0) is 20.5 Å². The maximum absolute atomic E-state index is 4.05. The van der Waals surface area contributed by atoms with E-state index in [1.165, 1.54) is 41.1 Å². The fraction of sp³-hybridized carbons (Fsp3) is 0.0588. The first-order valence-electron chi connectivity index (χ1n) is 12.8. The Labute approximate surface area is 240 Å². The van der Waals surface area contributed by atoms with Crippen LogP contribution >= 0.6 is 24.8 Å². The Bertz CT molecular complexity index is 1680. The van der Waals surface area contributed by atoms with E-state index in [4.69, 9.17) is 0 Å². The third-order valence-corrected chi connectivity index (χ3v) is 26.3. The van der Waals surface area contributed by atoms with Crippen molar-refractivity contribution in [3.8, 4) is 11.1 Å². The Balaban J connectivity index is 0.00000147. The van der Waals surface area contributed by atoms with E-state index >= 15 is 0 Å². The summed E-state index contributed by atoms with van der Waals surface area (Å²) in [4.78, 5) is 0. The summed E-state index contributed by atoms with van der Waals surface area (Å²) in [5.74, 6) is 0. The van der Waals surface area contributed by atoms with Crippen LogP contribution in [0.3, 0.4) is 0 Å². The summed E-state index contributed by atoms with van der Waals surface area (Å²) < 4.78 is 4.99. The number of rotatable bonds is 4. The van der Waals surface area contributed by atoms with E-state index in [1.807, 2.05) is 0 Å². The van der Waals surface area contributed by atoms with Crippen LogP contribution < -0.4 is 11.6 Å². The van der Waals surface area contributed by atoms with Crippen LogP contribution in [0.1, 0.15) is 26.5 Å². The summed E-state index contributed by atoms with van der Waals surface area (Å²) in [6.07, 6.45) is 5.92. The molecule has 0 spiro atoms. The molecular formula is C34H30Cl2SiTi. The molecule has 0 saturated carbocycles. The second kappa shape index (κ2) is 10.2. The van der Waals surface area contributed by atoms with Gasteiger partial charge in [0.25, 0.3) is 0 Å². The molecule has 0 N–H and O–H groups in total. The molecule has 0 bridgehead atoms. The molecule has 188 valence electrons. The first-order valence-corrected chi connectivity index (χ1v) is 20.1. The fourth-order valence-corrected chi connectivity index (χ4v) is 22.5. The maximum atomic E-state index is 2.54. The summed E-state index contributed by atoms with van der Waals surface area (Å²) >= 11 is -4.05. The van der Waals surface area contributed by atoms with Gasteiger partial charge in [-0.05, 0) is 0 Å². The van der Waals surface area contributed by atoms with Gasteiger partial charge in [0.2, 0.25) is 0 Å². The van der Waals surface area contributed by atoms with Crippen LogP contribution in [0, 0.1) is 0 Å². The van der Waals surface area contributed by atoms with Gasteiger partial charge in [0.1, 0.15) is 0 Å². The Hall–Kier alpha value is -2.65. The molecule has 0 amide bonds.